The maximum Gasteiger partial charge on any atom is 0.0371 e. The number of anilines is 1. The molecular formula is C16H27N. The van der Waals surface area contributed by atoms with Crippen molar-refractivity contribution in [3.8, 4) is 0 Å². The van der Waals surface area contributed by atoms with Crippen molar-refractivity contribution < 1.29 is 0 Å². The Labute approximate surface area is 107 Å². The molecule has 1 nitrogen and oxygen atoms in total. The predicted molar refractivity (Wildman–Crippen MR) is 77.6 cm³/mol. The van der Waals surface area contributed by atoms with Crippen LogP contribution in [0.15, 0.2) is 24.3 Å². The van der Waals surface area contributed by atoms with Gasteiger partial charge in [0.1, 0.15) is 0 Å². The number of unbranched alkanes of at least 4 members (excludes halogenated alkanes) is 4. The number of hydrogen-bond acceptors (Lipinski definition) is 1. The van der Waals surface area contributed by atoms with Crippen LogP contribution in [-0.2, 0) is 0 Å². The Kier molecular flexibility index (Phi) is 6.76. The SMILES string of the molecule is CCCCCCCC(C)Nc1ccccc1C. The van der Waals surface area contributed by atoms with Crippen LogP contribution < -0.4 is 5.32 Å². The summed E-state index contributed by atoms with van der Waals surface area (Å²) in [5.41, 5.74) is 2.62. The van der Waals surface area contributed by atoms with Crippen LogP contribution in [0.2, 0.25) is 0 Å². The van der Waals surface area contributed by atoms with E-state index in [1.165, 1.54) is 49.8 Å². The van der Waals surface area contributed by atoms with Crippen LogP contribution in [0.1, 0.15) is 57.9 Å². The molecule has 1 unspecified atom stereocenters. The quantitative estimate of drug-likeness (QED) is 0.612. The van der Waals surface area contributed by atoms with E-state index in [0.717, 1.165) is 0 Å². The van der Waals surface area contributed by atoms with E-state index in [0.29, 0.717) is 6.04 Å². The minimum absolute atomic E-state index is 0.581. The van der Waals surface area contributed by atoms with Crippen LogP contribution in [0.4, 0.5) is 5.69 Å². The first-order valence-corrected chi connectivity index (χ1v) is 7.06. The topological polar surface area (TPSA) is 12.0 Å². The van der Waals surface area contributed by atoms with Gasteiger partial charge in [-0.2, -0.15) is 0 Å². The maximum atomic E-state index is 3.60. The molecule has 1 heteroatoms. The number of hydrogen-bond donors (Lipinski definition) is 1. The van der Waals surface area contributed by atoms with E-state index in [9.17, 15) is 0 Å². The number of aryl methyl sites for hydroxylation is 1. The Hall–Kier alpha value is -0.980. The monoisotopic (exact) mass is 233 g/mol. The molecule has 0 aliphatic heterocycles. The largest absolute Gasteiger partial charge is 0.382 e. The first-order chi connectivity index (χ1) is 8.24. The van der Waals surface area contributed by atoms with Gasteiger partial charge in [-0.25, -0.2) is 0 Å². The van der Waals surface area contributed by atoms with E-state index in [1.54, 1.807) is 0 Å². The van der Waals surface area contributed by atoms with Crippen LogP contribution in [0, 0.1) is 6.92 Å². The number of rotatable bonds is 8. The molecule has 96 valence electrons. The van der Waals surface area contributed by atoms with E-state index >= 15 is 0 Å². The molecule has 1 atom stereocenters. The van der Waals surface area contributed by atoms with Gasteiger partial charge in [-0.1, -0.05) is 57.2 Å². The third-order valence-electron chi connectivity index (χ3n) is 3.29. The Morgan fingerprint density at radius 3 is 2.47 bits per heavy atom. The van der Waals surface area contributed by atoms with E-state index < -0.39 is 0 Å². The number of para-hydroxylation sites is 1. The van der Waals surface area contributed by atoms with Crippen LogP contribution >= 0.6 is 0 Å². The van der Waals surface area contributed by atoms with Gasteiger partial charge in [0.25, 0.3) is 0 Å². The molecule has 0 radical (unpaired) electrons. The summed E-state index contributed by atoms with van der Waals surface area (Å²) in [4.78, 5) is 0. The zero-order chi connectivity index (χ0) is 12.5. The Morgan fingerprint density at radius 1 is 1.06 bits per heavy atom. The zero-order valence-electron chi connectivity index (χ0n) is 11.6. The van der Waals surface area contributed by atoms with Crippen molar-refractivity contribution in [2.24, 2.45) is 0 Å². The van der Waals surface area contributed by atoms with Gasteiger partial charge in [-0.05, 0) is 31.9 Å². The molecule has 1 rings (SSSR count). The molecule has 0 fully saturated rings. The molecule has 17 heavy (non-hydrogen) atoms. The van der Waals surface area contributed by atoms with Gasteiger partial charge in [-0.3, -0.25) is 0 Å². The molecule has 0 saturated carbocycles. The van der Waals surface area contributed by atoms with Crippen molar-refractivity contribution in [2.45, 2.75) is 65.3 Å². The normalized spacial score (nSPS) is 12.4. The maximum absolute atomic E-state index is 3.60. The molecule has 0 bridgehead atoms. The average Bonchev–Trinajstić information content (AvgIpc) is 2.32. The van der Waals surface area contributed by atoms with Crippen molar-refractivity contribution in [1.82, 2.24) is 0 Å². The van der Waals surface area contributed by atoms with E-state index in [-0.39, 0.29) is 0 Å². The first kappa shape index (κ1) is 14.1. The predicted octanol–water partition coefficient (Wildman–Crippen LogP) is 5.16. The van der Waals surface area contributed by atoms with Crippen molar-refractivity contribution in [3.05, 3.63) is 29.8 Å². The summed E-state index contributed by atoms with van der Waals surface area (Å²) in [6, 6.07) is 9.11. The van der Waals surface area contributed by atoms with Gasteiger partial charge in [0.05, 0.1) is 0 Å². The highest BCUT2D eigenvalue weighted by Gasteiger charge is 2.03. The number of nitrogens with one attached hydrogen (secondary N) is 1. The van der Waals surface area contributed by atoms with Crippen molar-refractivity contribution >= 4 is 5.69 Å². The second-order valence-corrected chi connectivity index (χ2v) is 5.06. The number of benzene rings is 1. The second kappa shape index (κ2) is 8.16. The lowest BCUT2D eigenvalue weighted by Crippen LogP contribution is -2.15. The summed E-state index contributed by atoms with van der Waals surface area (Å²) in [7, 11) is 0. The van der Waals surface area contributed by atoms with Crippen molar-refractivity contribution in [1.29, 1.82) is 0 Å². The lowest BCUT2D eigenvalue weighted by atomic mass is 10.1. The Balaban J connectivity index is 2.21. The van der Waals surface area contributed by atoms with Crippen LogP contribution in [0.5, 0.6) is 0 Å². The second-order valence-electron chi connectivity index (χ2n) is 5.06. The van der Waals surface area contributed by atoms with Crippen molar-refractivity contribution in [3.63, 3.8) is 0 Å². The standard InChI is InChI=1S/C16H27N/c1-4-5-6-7-8-12-15(3)17-16-13-10-9-11-14(16)2/h9-11,13,15,17H,4-8,12H2,1-3H3. The summed E-state index contributed by atoms with van der Waals surface area (Å²) in [6.07, 6.45) is 8.12. The molecule has 1 N–H and O–H groups in total. The first-order valence-electron chi connectivity index (χ1n) is 7.06. The van der Waals surface area contributed by atoms with Crippen molar-refractivity contribution in [2.75, 3.05) is 5.32 Å². The lowest BCUT2D eigenvalue weighted by molar-refractivity contribution is 0.578. The summed E-state index contributed by atoms with van der Waals surface area (Å²) in [5.74, 6) is 0. The minimum atomic E-state index is 0.581. The van der Waals surface area contributed by atoms with Gasteiger partial charge in [0.15, 0.2) is 0 Å². The summed E-state index contributed by atoms with van der Waals surface area (Å²) in [5, 5.41) is 3.60. The highest BCUT2D eigenvalue weighted by molar-refractivity contribution is 5.50. The highest BCUT2D eigenvalue weighted by Crippen LogP contribution is 2.16. The summed E-state index contributed by atoms with van der Waals surface area (Å²) >= 11 is 0. The zero-order valence-corrected chi connectivity index (χ0v) is 11.6. The van der Waals surface area contributed by atoms with Gasteiger partial charge in [0, 0.05) is 11.7 Å². The van der Waals surface area contributed by atoms with Crippen LogP contribution in [-0.4, -0.2) is 6.04 Å². The smallest absolute Gasteiger partial charge is 0.0371 e. The molecule has 0 aliphatic carbocycles. The third kappa shape index (κ3) is 5.76. The highest BCUT2D eigenvalue weighted by atomic mass is 14.9. The lowest BCUT2D eigenvalue weighted by Gasteiger charge is -2.16. The Morgan fingerprint density at radius 2 is 1.76 bits per heavy atom. The summed E-state index contributed by atoms with van der Waals surface area (Å²) < 4.78 is 0. The molecule has 0 saturated heterocycles. The fourth-order valence-electron chi connectivity index (χ4n) is 2.13. The molecular weight excluding hydrogens is 206 g/mol. The van der Waals surface area contributed by atoms with Gasteiger partial charge in [-0.15, -0.1) is 0 Å². The minimum Gasteiger partial charge on any atom is -0.382 e. The molecule has 0 heterocycles. The van der Waals surface area contributed by atoms with Gasteiger partial charge < -0.3 is 5.32 Å². The van der Waals surface area contributed by atoms with E-state index in [2.05, 4.69) is 50.4 Å². The van der Waals surface area contributed by atoms with Gasteiger partial charge >= 0.3 is 0 Å². The third-order valence-corrected chi connectivity index (χ3v) is 3.29. The van der Waals surface area contributed by atoms with Gasteiger partial charge in [0.2, 0.25) is 0 Å². The fourth-order valence-corrected chi connectivity index (χ4v) is 2.13. The molecule has 1 aromatic carbocycles. The molecule has 0 spiro atoms. The summed E-state index contributed by atoms with van der Waals surface area (Å²) in [6.45, 7) is 6.71. The van der Waals surface area contributed by atoms with Crippen LogP contribution in [0.25, 0.3) is 0 Å². The average molecular weight is 233 g/mol. The Bertz CT molecular complexity index is 306. The molecule has 1 aromatic rings. The molecule has 0 aromatic heterocycles. The molecule has 0 aliphatic rings. The van der Waals surface area contributed by atoms with E-state index in [4.69, 9.17) is 0 Å². The van der Waals surface area contributed by atoms with E-state index in [1.807, 2.05) is 0 Å². The fraction of sp³-hybridized carbons (Fsp3) is 0.625. The molecule has 0 amide bonds. The van der Waals surface area contributed by atoms with Crippen LogP contribution in [0.3, 0.4) is 0 Å².